The van der Waals surface area contributed by atoms with Gasteiger partial charge < -0.3 is 5.32 Å². The van der Waals surface area contributed by atoms with Crippen LogP contribution in [0.4, 0.5) is 0 Å². The quantitative estimate of drug-likeness (QED) is 0.699. The summed E-state index contributed by atoms with van der Waals surface area (Å²) in [4.78, 5) is 22.6. The fourth-order valence-electron chi connectivity index (χ4n) is 2.25. The maximum absolute atomic E-state index is 11.6. The highest BCUT2D eigenvalue weighted by Crippen LogP contribution is 2.25. The molecule has 3 atom stereocenters. The summed E-state index contributed by atoms with van der Waals surface area (Å²) in [5.74, 6) is 0.919. The SMILES string of the molecule is CC1SCCCC1NC1CCC(=O)NC1=O. The molecule has 2 fully saturated rings. The Morgan fingerprint density at radius 1 is 1.38 bits per heavy atom. The number of hydrogen-bond acceptors (Lipinski definition) is 4. The Balaban J connectivity index is 1.88. The van der Waals surface area contributed by atoms with Crippen LogP contribution in [0.3, 0.4) is 0 Å². The average molecular weight is 242 g/mol. The molecule has 0 aromatic carbocycles. The molecule has 90 valence electrons. The third-order valence-corrected chi connectivity index (χ3v) is 4.64. The Bertz CT molecular complexity index is 296. The van der Waals surface area contributed by atoms with Gasteiger partial charge in [-0.3, -0.25) is 14.9 Å². The van der Waals surface area contributed by atoms with Gasteiger partial charge in [0, 0.05) is 17.7 Å². The molecule has 0 aliphatic carbocycles. The Kier molecular flexibility index (Phi) is 3.86. The first-order chi connectivity index (χ1) is 7.66. The highest BCUT2D eigenvalue weighted by atomic mass is 32.2. The van der Waals surface area contributed by atoms with Gasteiger partial charge >= 0.3 is 0 Å². The molecule has 2 aliphatic rings. The molecule has 2 amide bonds. The van der Waals surface area contributed by atoms with Gasteiger partial charge in [-0.15, -0.1) is 0 Å². The minimum Gasteiger partial charge on any atom is -0.302 e. The molecule has 2 heterocycles. The summed E-state index contributed by atoms with van der Waals surface area (Å²) in [5.41, 5.74) is 0. The van der Waals surface area contributed by atoms with Crippen LogP contribution >= 0.6 is 11.8 Å². The lowest BCUT2D eigenvalue weighted by molar-refractivity contribution is -0.134. The molecule has 2 rings (SSSR count). The van der Waals surface area contributed by atoms with Crippen LogP contribution in [-0.2, 0) is 9.59 Å². The summed E-state index contributed by atoms with van der Waals surface area (Å²) in [6.45, 7) is 2.20. The molecule has 0 spiro atoms. The number of amides is 2. The molecule has 4 nitrogen and oxygen atoms in total. The van der Waals surface area contributed by atoms with E-state index in [9.17, 15) is 9.59 Å². The number of thioether (sulfide) groups is 1. The molecule has 2 saturated heterocycles. The predicted molar refractivity (Wildman–Crippen MR) is 64.2 cm³/mol. The molecule has 0 bridgehead atoms. The average Bonchev–Trinajstić information content (AvgIpc) is 2.25. The van der Waals surface area contributed by atoms with Crippen molar-refractivity contribution in [3.05, 3.63) is 0 Å². The fourth-order valence-corrected chi connectivity index (χ4v) is 3.41. The molecule has 0 saturated carbocycles. The summed E-state index contributed by atoms with van der Waals surface area (Å²) in [6.07, 6.45) is 3.43. The summed E-state index contributed by atoms with van der Waals surface area (Å²) in [5, 5.41) is 6.33. The Hall–Kier alpha value is -0.550. The molecular formula is C11H18N2O2S. The van der Waals surface area contributed by atoms with Crippen LogP contribution < -0.4 is 10.6 Å². The summed E-state index contributed by atoms with van der Waals surface area (Å²) >= 11 is 1.96. The number of nitrogens with one attached hydrogen (secondary N) is 2. The van der Waals surface area contributed by atoms with E-state index in [-0.39, 0.29) is 17.9 Å². The van der Waals surface area contributed by atoms with E-state index in [1.807, 2.05) is 11.8 Å². The molecule has 2 N–H and O–H groups in total. The predicted octanol–water partition coefficient (Wildman–Crippen LogP) is 0.665. The second-order valence-corrected chi connectivity index (χ2v) is 5.98. The van der Waals surface area contributed by atoms with Crippen molar-refractivity contribution < 1.29 is 9.59 Å². The van der Waals surface area contributed by atoms with E-state index < -0.39 is 0 Å². The van der Waals surface area contributed by atoms with Crippen LogP contribution in [0.15, 0.2) is 0 Å². The van der Waals surface area contributed by atoms with E-state index >= 15 is 0 Å². The highest BCUT2D eigenvalue weighted by Gasteiger charge is 2.31. The lowest BCUT2D eigenvalue weighted by atomic mass is 10.0. The van der Waals surface area contributed by atoms with Crippen LogP contribution in [0.1, 0.15) is 32.6 Å². The standard InChI is InChI=1S/C11H18N2O2S/c1-7-8(3-2-6-16-7)12-9-4-5-10(14)13-11(9)15/h7-9,12H,2-6H2,1H3,(H,13,14,15). The van der Waals surface area contributed by atoms with Crippen molar-refractivity contribution in [2.24, 2.45) is 0 Å². The van der Waals surface area contributed by atoms with Gasteiger partial charge in [-0.25, -0.2) is 0 Å². The van der Waals surface area contributed by atoms with Gasteiger partial charge in [0.1, 0.15) is 0 Å². The van der Waals surface area contributed by atoms with Crippen molar-refractivity contribution in [3.63, 3.8) is 0 Å². The van der Waals surface area contributed by atoms with Gasteiger partial charge in [-0.1, -0.05) is 6.92 Å². The first-order valence-corrected chi connectivity index (χ1v) is 6.93. The zero-order valence-corrected chi connectivity index (χ0v) is 10.3. The zero-order chi connectivity index (χ0) is 11.5. The summed E-state index contributed by atoms with van der Waals surface area (Å²) < 4.78 is 0. The van der Waals surface area contributed by atoms with E-state index in [0.29, 0.717) is 24.1 Å². The molecule has 0 aromatic heterocycles. The zero-order valence-electron chi connectivity index (χ0n) is 9.49. The Morgan fingerprint density at radius 2 is 2.19 bits per heavy atom. The minimum absolute atomic E-state index is 0.144. The van der Waals surface area contributed by atoms with Crippen LogP contribution in [-0.4, -0.2) is 34.9 Å². The van der Waals surface area contributed by atoms with Gasteiger partial charge in [-0.05, 0) is 25.0 Å². The van der Waals surface area contributed by atoms with E-state index in [0.717, 1.165) is 6.42 Å². The molecule has 0 aromatic rings. The van der Waals surface area contributed by atoms with Crippen LogP contribution in [0.25, 0.3) is 0 Å². The smallest absolute Gasteiger partial charge is 0.243 e. The van der Waals surface area contributed by atoms with Crippen molar-refractivity contribution in [2.75, 3.05) is 5.75 Å². The van der Waals surface area contributed by atoms with Crippen LogP contribution in [0.5, 0.6) is 0 Å². The van der Waals surface area contributed by atoms with Crippen molar-refractivity contribution >= 4 is 23.6 Å². The number of piperidine rings is 1. The largest absolute Gasteiger partial charge is 0.302 e. The fraction of sp³-hybridized carbons (Fsp3) is 0.818. The van der Waals surface area contributed by atoms with Crippen molar-refractivity contribution in [2.45, 2.75) is 49.9 Å². The minimum atomic E-state index is -0.177. The van der Waals surface area contributed by atoms with E-state index in [4.69, 9.17) is 0 Å². The third-order valence-electron chi connectivity index (χ3n) is 3.26. The number of hydrogen-bond donors (Lipinski definition) is 2. The number of carbonyl (C=O) groups is 2. The first kappa shape index (κ1) is 11.9. The second kappa shape index (κ2) is 5.19. The molecule has 5 heteroatoms. The molecule has 16 heavy (non-hydrogen) atoms. The second-order valence-electron chi connectivity index (χ2n) is 4.49. The van der Waals surface area contributed by atoms with Gasteiger partial charge in [0.05, 0.1) is 6.04 Å². The summed E-state index contributed by atoms with van der Waals surface area (Å²) in [7, 11) is 0. The highest BCUT2D eigenvalue weighted by molar-refractivity contribution is 7.99. The van der Waals surface area contributed by atoms with Crippen molar-refractivity contribution in [1.29, 1.82) is 0 Å². The van der Waals surface area contributed by atoms with Crippen LogP contribution in [0, 0.1) is 0 Å². The molecular weight excluding hydrogens is 224 g/mol. The maximum Gasteiger partial charge on any atom is 0.243 e. The lowest BCUT2D eigenvalue weighted by Gasteiger charge is -2.33. The third kappa shape index (κ3) is 2.77. The van der Waals surface area contributed by atoms with E-state index in [1.165, 1.54) is 12.2 Å². The van der Waals surface area contributed by atoms with Crippen molar-refractivity contribution in [3.8, 4) is 0 Å². The van der Waals surface area contributed by atoms with Gasteiger partial charge in [0.25, 0.3) is 0 Å². The van der Waals surface area contributed by atoms with Gasteiger partial charge in [-0.2, -0.15) is 11.8 Å². The molecule has 0 radical (unpaired) electrons. The Labute approximate surface area is 99.9 Å². The monoisotopic (exact) mass is 242 g/mol. The number of rotatable bonds is 2. The molecule has 2 aliphatic heterocycles. The summed E-state index contributed by atoms with van der Waals surface area (Å²) in [6, 6.07) is 0.228. The number of imide groups is 1. The van der Waals surface area contributed by atoms with Gasteiger partial charge in [0.2, 0.25) is 11.8 Å². The van der Waals surface area contributed by atoms with Gasteiger partial charge in [0.15, 0.2) is 0 Å². The molecule has 3 unspecified atom stereocenters. The van der Waals surface area contributed by atoms with Crippen molar-refractivity contribution in [1.82, 2.24) is 10.6 Å². The van der Waals surface area contributed by atoms with E-state index in [1.54, 1.807) is 0 Å². The Morgan fingerprint density at radius 3 is 2.88 bits per heavy atom. The topological polar surface area (TPSA) is 58.2 Å². The van der Waals surface area contributed by atoms with Crippen LogP contribution in [0.2, 0.25) is 0 Å². The normalized spacial score (nSPS) is 35.9. The maximum atomic E-state index is 11.6. The first-order valence-electron chi connectivity index (χ1n) is 5.88. The number of carbonyl (C=O) groups excluding carboxylic acids is 2. The van der Waals surface area contributed by atoms with E-state index in [2.05, 4.69) is 17.6 Å². The lowest BCUT2D eigenvalue weighted by Crippen LogP contribution is -2.55.